The zero-order valence-corrected chi connectivity index (χ0v) is 11.1. The largest absolute Gasteiger partial charge is 0.382 e. The van der Waals surface area contributed by atoms with Crippen LogP contribution in [0.25, 0.3) is 0 Å². The third-order valence-electron chi connectivity index (χ3n) is 2.70. The van der Waals surface area contributed by atoms with E-state index in [4.69, 9.17) is 9.47 Å². The van der Waals surface area contributed by atoms with Crippen molar-refractivity contribution in [2.24, 2.45) is 0 Å². The van der Waals surface area contributed by atoms with E-state index < -0.39 is 9.84 Å². The zero-order valence-electron chi connectivity index (χ0n) is 10.3. The van der Waals surface area contributed by atoms with Gasteiger partial charge in [0.05, 0.1) is 30.8 Å². The molecule has 1 aliphatic heterocycles. The number of rotatable bonds is 4. The number of ether oxygens (including phenoxy) is 2. The smallest absolute Gasteiger partial charge is 0.175 e. The summed E-state index contributed by atoms with van der Waals surface area (Å²) >= 11 is 0. The molecule has 1 saturated heterocycles. The van der Waals surface area contributed by atoms with Crippen LogP contribution in [0.2, 0.25) is 0 Å². The van der Waals surface area contributed by atoms with Crippen molar-refractivity contribution in [3.05, 3.63) is 24.3 Å². The molecule has 1 heterocycles. The molecule has 1 aromatic carbocycles. The van der Waals surface area contributed by atoms with Crippen LogP contribution in [0.15, 0.2) is 29.2 Å². The van der Waals surface area contributed by atoms with Crippen molar-refractivity contribution in [3.8, 4) is 0 Å². The van der Waals surface area contributed by atoms with Gasteiger partial charge in [0.25, 0.3) is 0 Å². The first-order valence-corrected chi connectivity index (χ1v) is 7.68. The molecule has 5 nitrogen and oxygen atoms in total. The van der Waals surface area contributed by atoms with Crippen LogP contribution in [-0.2, 0) is 19.3 Å². The molecule has 1 N–H and O–H groups in total. The van der Waals surface area contributed by atoms with Crippen molar-refractivity contribution < 1.29 is 17.9 Å². The van der Waals surface area contributed by atoms with Gasteiger partial charge in [-0.3, -0.25) is 0 Å². The van der Waals surface area contributed by atoms with Gasteiger partial charge in [0.15, 0.2) is 9.84 Å². The molecule has 1 aromatic rings. The van der Waals surface area contributed by atoms with E-state index in [-0.39, 0.29) is 6.10 Å². The molecule has 1 atom stereocenters. The van der Waals surface area contributed by atoms with Gasteiger partial charge < -0.3 is 14.8 Å². The van der Waals surface area contributed by atoms with Gasteiger partial charge in [0, 0.05) is 18.5 Å². The molecule has 1 fully saturated rings. The van der Waals surface area contributed by atoms with Gasteiger partial charge in [-0.05, 0) is 24.3 Å². The van der Waals surface area contributed by atoms with Crippen LogP contribution in [0.3, 0.4) is 0 Å². The lowest BCUT2D eigenvalue weighted by Gasteiger charge is -2.23. The summed E-state index contributed by atoms with van der Waals surface area (Å²) in [7, 11) is -3.13. The predicted molar refractivity (Wildman–Crippen MR) is 68.6 cm³/mol. The van der Waals surface area contributed by atoms with Crippen LogP contribution >= 0.6 is 0 Å². The molecule has 0 aliphatic carbocycles. The molecular formula is C12H17NO4S. The topological polar surface area (TPSA) is 64.6 Å². The SMILES string of the molecule is CS(=O)(=O)c1ccc(NCC2COCCO2)cc1. The van der Waals surface area contributed by atoms with Gasteiger partial charge in [-0.15, -0.1) is 0 Å². The molecule has 0 bridgehead atoms. The summed E-state index contributed by atoms with van der Waals surface area (Å²) in [5.74, 6) is 0. The van der Waals surface area contributed by atoms with E-state index in [0.717, 1.165) is 5.69 Å². The Bertz CT molecular complexity index is 477. The summed E-state index contributed by atoms with van der Waals surface area (Å²) in [6.45, 7) is 2.52. The normalized spacial score (nSPS) is 20.6. The monoisotopic (exact) mass is 271 g/mol. The minimum absolute atomic E-state index is 0.0494. The molecule has 0 radical (unpaired) electrons. The van der Waals surface area contributed by atoms with E-state index in [9.17, 15) is 8.42 Å². The lowest BCUT2D eigenvalue weighted by atomic mass is 10.3. The molecular weight excluding hydrogens is 254 g/mol. The highest BCUT2D eigenvalue weighted by Gasteiger charge is 2.13. The van der Waals surface area contributed by atoms with Gasteiger partial charge in [-0.2, -0.15) is 0 Å². The van der Waals surface area contributed by atoms with E-state index >= 15 is 0 Å². The molecule has 1 unspecified atom stereocenters. The molecule has 0 saturated carbocycles. The van der Waals surface area contributed by atoms with Gasteiger partial charge in [0.2, 0.25) is 0 Å². The summed E-state index contributed by atoms with van der Waals surface area (Å²) in [5, 5.41) is 3.19. The molecule has 6 heteroatoms. The van der Waals surface area contributed by atoms with Gasteiger partial charge in [0.1, 0.15) is 0 Å². The van der Waals surface area contributed by atoms with Crippen LogP contribution in [0.4, 0.5) is 5.69 Å². The number of sulfone groups is 1. The second-order valence-electron chi connectivity index (χ2n) is 4.25. The highest BCUT2D eigenvalue weighted by atomic mass is 32.2. The second kappa shape index (κ2) is 5.69. The number of anilines is 1. The molecule has 0 aromatic heterocycles. The third-order valence-corrected chi connectivity index (χ3v) is 3.83. The van der Waals surface area contributed by atoms with Crippen LogP contribution < -0.4 is 5.32 Å². The Morgan fingerprint density at radius 3 is 2.56 bits per heavy atom. The lowest BCUT2D eigenvalue weighted by Crippen LogP contribution is -2.34. The van der Waals surface area contributed by atoms with Crippen molar-refractivity contribution >= 4 is 15.5 Å². The van der Waals surface area contributed by atoms with Crippen LogP contribution in [0.5, 0.6) is 0 Å². The lowest BCUT2D eigenvalue weighted by molar-refractivity contribution is -0.0818. The summed E-state index contributed by atoms with van der Waals surface area (Å²) in [4.78, 5) is 0.324. The van der Waals surface area contributed by atoms with E-state index in [1.807, 2.05) is 0 Å². The number of hydrogen-bond acceptors (Lipinski definition) is 5. The maximum absolute atomic E-state index is 11.3. The van der Waals surface area contributed by atoms with Crippen LogP contribution in [0, 0.1) is 0 Å². The Hall–Kier alpha value is -1.11. The molecule has 100 valence electrons. The van der Waals surface area contributed by atoms with E-state index in [0.29, 0.717) is 31.3 Å². The molecule has 18 heavy (non-hydrogen) atoms. The minimum Gasteiger partial charge on any atom is -0.382 e. The Labute approximate surface area is 107 Å². The predicted octanol–water partition coefficient (Wildman–Crippen LogP) is 0.917. The Morgan fingerprint density at radius 1 is 1.28 bits per heavy atom. The average Bonchev–Trinajstić information content (AvgIpc) is 2.37. The fraction of sp³-hybridized carbons (Fsp3) is 0.500. The fourth-order valence-electron chi connectivity index (χ4n) is 1.71. The average molecular weight is 271 g/mol. The van der Waals surface area contributed by atoms with Gasteiger partial charge in [-0.1, -0.05) is 0 Å². The standard InChI is InChI=1S/C12H17NO4S/c1-18(14,15)12-4-2-10(3-5-12)13-8-11-9-16-6-7-17-11/h2-5,11,13H,6-9H2,1H3. The first-order valence-electron chi connectivity index (χ1n) is 5.79. The molecule has 1 aliphatic rings. The fourth-order valence-corrected chi connectivity index (χ4v) is 2.34. The number of nitrogens with one attached hydrogen (secondary N) is 1. The first kappa shape index (κ1) is 13.3. The van der Waals surface area contributed by atoms with Gasteiger partial charge >= 0.3 is 0 Å². The maximum Gasteiger partial charge on any atom is 0.175 e. The maximum atomic E-state index is 11.3. The van der Waals surface area contributed by atoms with Crippen molar-refractivity contribution in [2.75, 3.05) is 37.9 Å². The van der Waals surface area contributed by atoms with Crippen LogP contribution in [-0.4, -0.2) is 47.1 Å². The van der Waals surface area contributed by atoms with Crippen molar-refractivity contribution in [1.29, 1.82) is 0 Å². The number of hydrogen-bond donors (Lipinski definition) is 1. The van der Waals surface area contributed by atoms with Crippen molar-refractivity contribution in [1.82, 2.24) is 0 Å². The highest BCUT2D eigenvalue weighted by molar-refractivity contribution is 7.90. The molecule has 0 spiro atoms. The summed E-state index contributed by atoms with van der Waals surface area (Å²) in [6, 6.07) is 6.69. The molecule has 2 rings (SSSR count). The Kier molecular flexibility index (Phi) is 4.21. The zero-order chi connectivity index (χ0) is 13.0. The first-order chi connectivity index (χ1) is 8.55. The van der Waals surface area contributed by atoms with E-state index in [2.05, 4.69) is 5.32 Å². The Balaban J connectivity index is 1.90. The van der Waals surface area contributed by atoms with Crippen molar-refractivity contribution in [2.45, 2.75) is 11.0 Å². The third kappa shape index (κ3) is 3.69. The second-order valence-corrected chi connectivity index (χ2v) is 6.26. The van der Waals surface area contributed by atoms with E-state index in [1.165, 1.54) is 6.26 Å². The summed E-state index contributed by atoms with van der Waals surface area (Å²) in [6.07, 6.45) is 1.25. The summed E-state index contributed by atoms with van der Waals surface area (Å²) < 4.78 is 33.4. The van der Waals surface area contributed by atoms with Crippen LogP contribution in [0.1, 0.15) is 0 Å². The highest BCUT2D eigenvalue weighted by Crippen LogP contribution is 2.14. The quantitative estimate of drug-likeness (QED) is 0.882. The minimum atomic E-state index is -3.13. The molecule has 0 amide bonds. The van der Waals surface area contributed by atoms with E-state index in [1.54, 1.807) is 24.3 Å². The number of benzene rings is 1. The summed E-state index contributed by atoms with van der Waals surface area (Å²) in [5.41, 5.74) is 0.872. The Morgan fingerprint density at radius 2 is 2.00 bits per heavy atom. The van der Waals surface area contributed by atoms with Crippen molar-refractivity contribution in [3.63, 3.8) is 0 Å². The van der Waals surface area contributed by atoms with Gasteiger partial charge in [-0.25, -0.2) is 8.42 Å².